The van der Waals surface area contributed by atoms with Gasteiger partial charge in [-0.15, -0.1) is 0 Å². The van der Waals surface area contributed by atoms with Gasteiger partial charge >= 0.3 is 0 Å². The van der Waals surface area contributed by atoms with Crippen LogP contribution in [0.1, 0.15) is 39.5 Å². The fourth-order valence-electron chi connectivity index (χ4n) is 3.67. The highest BCUT2D eigenvalue weighted by atomic mass is 32.2. The molecule has 0 aromatic heterocycles. The van der Waals surface area contributed by atoms with Crippen molar-refractivity contribution in [3.8, 4) is 11.1 Å². The normalized spacial score (nSPS) is 20.5. The minimum absolute atomic E-state index is 0.0792. The standard InChI is InChI=1S/C21H26F2N2O2S/c1-14(2)24-17-6-8-18(9-7-17)25-28(26,27)19-10-3-15(4-11-19)20-12-5-16(22)13-21(20)23/h3-5,10-14,17-18,24-25H,6-9H2,1-2H3. The Hall–Kier alpha value is -1.83. The predicted octanol–water partition coefficient (Wildman–Crippen LogP) is 4.22. The molecule has 0 saturated heterocycles. The number of rotatable bonds is 6. The summed E-state index contributed by atoms with van der Waals surface area (Å²) in [6, 6.07) is 10.1. The average Bonchev–Trinajstić information content (AvgIpc) is 2.63. The fraction of sp³-hybridized carbons (Fsp3) is 0.429. The Bertz CT molecular complexity index is 907. The first-order valence-corrected chi connectivity index (χ1v) is 11.1. The molecule has 1 aliphatic rings. The highest BCUT2D eigenvalue weighted by Gasteiger charge is 2.26. The second-order valence-electron chi connectivity index (χ2n) is 7.64. The van der Waals surface area contributed by atoms with Crippen molar-refractivity contribution < 1.29 is 17.2 Å². The van der Waals surface area contributed by atoms with Crippen LogP contribution in [-0.2, 0) is 10.0 Å². The molecular formula is C21H26F2N2O2S. The maximum atomic E-state index is 13.9. The van der Waals surface area contributed by atoms with Crippen molar-refractivity contribution in [1.29, 1.82) is 0 Å². The van der Waals surface area contributed by atoms with E-state index in [0.29, 0.717) is 17.6 Å². The summed E-state index contributed by atoms with van der Waals surface area (Å²) in [6.07, 6.45) is 3.47. The second kappa shape index (κ2) is 8.68. The minimum atomic E-state index is -3.64. The lowest BCUT2D eigenvalue weighted by molar-refractivity contribution is 0.314. The molecule has 1 saturated carbocycles. The molecule has 0 unspecified atom stereocenters. The van der Waals surface area contributed by atoms with E-state index in [1.54, 1.807) is 0 Å². The van der Waals surface area contributed by atoms with Crippen LogP contribution in [0.2, 0.25) is 0 Å². The summed E-state index contributed by atoms with van der Waals surface area (Å²) in [5.41, 5.74) is 0.728. The van der Waals surface area contributed by atoms with Crippen molar-refractivity contribution in [2.24, 2.45) is 0 Å². The lowest BCUT2D eigenvalue weighted by atomic mass is 9.91. The lowest BCUT2D eigenvalue weighted by Gasteiger charge is -2.30. The Labute approximate surface area is 165 Å². The van der Waals surface area contributed by atoms with E-state index >= 15 is 0 Å². The summed E-state index contributed by atoms with van der Waals surface area (Å²) in [5.74, 6) is -1.33. The molecule has 0 atom stereocenters. The molecule has 0 aliphatic heterocycles. The van der Waals surface area contributed by atoms with Crippen LogP contribution in [-0.4, -0.2) is 26.5 Å². The van der Waals surface area contributed by atoms with Gasteiger partial charge in [0.1, 0.15) is 11.6 Å². The second-order valence-corrected chi connectivity index (χ2v) is 9.35. The van der Waals surface area contributed by atoms with E-state index < -0.39 is 21.7 Å². The highest BCUT2D eigenvalue weighted by molar-refractivity contribution is 7.89. The quantitative estimate of drug-likeness (QED) is 0.752. The van der Waals surface area contributed by atoms with Crippen molar-refractivity contribution in [2.45, 2.75) is 62.6 Å². The van der Waals surface area contributed by atoms with Gasteiger partial charge in [0.05, 0.1) is 4.90 Å². The van der Waals surface area contributed by atoms with Gasteiger partial charge in [0, 0.05) is 29.8 Å². The summed E-state index contributed by atoms with van der Waals surface area (Å²) < 4.78 is 55.1. The van der Waals surface area contributed by atoms with Crippen LogP contribution in [0.4, 0.5) is 8.78 Å². The zero-order valence-electron chi connectivity index (χ0n) is 16.1. The molecule has 0 radical (unpaired) electrons. The molecule has 2 aromatic carbocycles. The summed E-state index contributed by atoms with van der Waals surface area (Å²) in [6.45, 7) is 4.21. The average molecular weight is 409 g/mol. The van der Waals surface area contributed by atoms with Gasteiger partial charge in [0.15, 0.2) is 0 Å². The molecule has 0 bridgehead atoms. The van der Waals surface area contributed by atoms with Crippen LogP contribution < -0.4 is 10.0 Å². The maximum Gasteiger partial charge on any atom is 0.240 e. The summed E-state index contributed by atoms with van der Waals surface area (Å²) in [4.78, 5) is 0.140. The van der Waals surface area contributed by atoms with Crippen LogP contribution in [0.3, 0.4) is 0 Å². The molecule has 7 heteroatoms. The van der Waals surface area contributed by atoms with E-state index in [-0.39, 0.29) is 16.5 Å². The van der Waals surface area contributed by atoms with E-state index in [1.807, 2.05) is 0 Å². The first-order valence-electron chi connectivity index (χ1n) is 9.58. The van der Waals surface area contributed by atoms with Gasteiger partial charge in [-0.1, -0.05) is 26.0 Å². The van der Waals surface area contributed by atoms with Crippen molar-refractivity contribution in [3.63, 3.8) is 0 Å². The molecule has 28 heavy (non-hydrogen) atoms. The summed E-state index contributed by atoms with van der Waals surface area (Å²) >= 11 is 0. The Morgan fingerprint density at radius 1 is 0.929 bits per heavy atom. The smallest absolute Gasteiger partial charge is 0.240 e. The third-order valence-corrected chi connectivity index (χ3v) is 6.56. The molecule has 1 aliphatic carbocycles. The number of sulfonamides is 1. The van der Waals surface area contributed by atoms with Gasteiger partial charge in [-0.25, -0.2) is 21.9 Å². The van der Waals surface area contributed by atoms with Crippen molar-refractivity contribution in [2.75, 3.05) is 0 Å². The zero-order chi connectivity index (χ0) is 20.3. The molecule has 4 nitrogen and oxygen atoms in total. The molecule has 0 heterocycles. The van der Waals surface area contributed by atoms with Gasteiger partial charge in [0.25, 0.3) is 0 Å². The first kappa shape index (κ1) is 20.9. The molecule has 3 rings (SSSR count). The van der Waals surface area contributed by atoms with Gasteiger partial charge in [-0.05, 0) is 55.5 Å². The Morgan fingerprint density at radius 2 is 1.54 bits per heavy atom. The SMILES string of the molecule is CC(C)NC1CCC(NS(=O)(=O)c2ccc(-c3ccc(F)cc3F)cc2)CC1. The zero-order valence-corrected chi connectivity index (χ0v) is 16.9. The molecule has 2 aromatic rings. The van der Waals surface area contributed by atoms with E-state index in [9.17, 15) is 17.2 Å². The molecule has 0 spiro atoms. The molecule has 1 fully saturated rings. The third-order valence-electron chi connectivity index (χ3n) is 5.02. The van der Waals surface area contributed by atoms with Crippen molar-refractivity contribution in [1.82, 2.24) is 10.0 Å². The number of nitrogens with one attached hydrogen (secondary N) is 2. The Kier molecular flexibility index (Phi) is 6.47. The molecule has 152 valence electrons. The summed E-state index contributed by atoms with van der Waals surface area (Å²) in [5, 5.41) is 3.50. The number of halogens is 2. The van der Waals surface area contributed by atoms with E-state index in [2.05, 4.69) is 23.9 Å². The predicted molar refractivity (Wildman–Crippen MR) is 106 cm³/mol. The summed E-state index contributed by atoms with van der Waals surface area (Å²) in [7, 11) is -3.64. The van der Waals surface area contributed by atoms with E-state index in [1.165, 1.54) is 36.4 Å². The number of hydrogen-bond acceptors (Lipinski definition) is 3. The fourth-order valence-corrected chi connectivity index (χ4v) is 4.98. The van der Waals surface area contributed by atoms with Crippen LogP contribution in [0.5, 0.6) is 0 Å². The van der Waals surface area contributed by atoms with Crippen molar-refractivity contribution in [3.05, 3.63) is 54.1 Å². The van der Waals surface area contributed by atoms with E-state index in [0.717, 1.165) is 31.7 Å². The Balaban J connectivity index is 1.66. The number of benzene rings is 2. The van der Waals surface area contributed by atoms with Gasteiger partial charge in [-0.3, -0.25) is 0 Å². The minimum Gasteiger partial charge on any atom is -0.312 e. The number of hydrogen-bond donors (Lipinski definition) is 2. The van der Waals surface area contributed by atoms with Crippen LogP contribution in [0, 0.1) is 11.6 Å². The first-order chi connectivity index (χ1) is 13.2. The van der Waals surface area contributed by atoms with Gasteiger partial charge in [0.2, 0.25) is 10.0 Å². The van der Waals surface area contributed by atoms with Gasteiger partial charge < -0.3 is 5.32 Å². The molecule has 2 N–H and O–H groups in total. The largest absolute Gasteiger partial charge is 0.312 e. The maximum absolute atomic E-state index is 13.9. The van der Waals surface area contributed by atoms with Crippen LogP contribution in [0.15, 0.2) is 47.4 Å². The topological polar surface area (TPSA) is 58.2 Å². The third kappa shape index (κ3) is 5.16. The lowest BCUT2D eigenvalue weighted by Crippen LogP contribution is -2.43. The molecular weight excluding hydrogens is 382 g/mol. The van der Waals surface area contributed by atoms with Gasteiger partial charge in [-0.2, -0.15) is 0 Å². The van der Waals surface area contributed by atoms with Crippen LogP contribution in [0.25, 0.3) is 11.1 Å². The van der Waals surface area contributed by atoms with E-state index in [4.69, 9.17) is 0 Å². The monoisotopic (exact) mass is 408 g/mol. The highest BCUT2D eigenvalue weighted by Crippen LogP contribution is 2.26. The van der Waals surface area contributed by atoms with Crippen LogP contribution >= 0.6 is 0 Å². The molecule has 0 amide bonds. The Morgan fingerprint density at radius 3 is 2.11 bits per heavy atom. The van der Waals surface area contributed by atoms with Crippen molar-refractivity contribution >= 4 is 10.0 Å².